The van der Waals surface area contributed by atoms with Gasteiger partial charge in [0.15, 0.2) is 0 Å². The number of imide groups is 1. The van der Waals surface area contributed by atoms with E-state index in [4.69, 9.17) is 29.8 Å². The number of aromatic amines is 1. The number of nitrogens with zero attached hydrogens (tertiary/aromatic N) is 6. The van der Waals surface area contributed by atoms with E-state index in [0.717, 1.165) is 11.1 Å². The molecule has 0 aliphatic heterocycles. The Morgan fingerprint density at radius 1 is 0.965 bits per heavy atom. The lowest BCUT2D eigenvalue weighted by molar-refractivity contribution is -0.192. The van der Waals surface area contributed by atoms with E-state index in [1.54, 1.807) is 30.5 Å². The number of carboxylic acids is 1. The molecule has 1 saturated carbocycles. The number of rotatable bonds is 11. The zero-order valence-corrected chi connectivity index (χ0v) is 31.9. The fourth-order valence-electron chi connectivity index (χ4n) is 5.88. The molecule has 0 radical (unpaired) electrons. The smallest absolute Gasteiger partial charge is 0.480 e. The van der Waals surface area contributed by atoms with Gasteiger partial charge in [0.25, 0.3) is 5.91 Å². The van der Waals surface area contributed by atoms with Crippen LogP contribution in [0.3, 0.4) is 0 Å². The van der Waals surface area contributed by atoms with Crippen molar-refractivity contribution < 1.29 is 51.7 Å². The summed E-state index contributed by atoms with van der Waals surface area (Å²) in [5.74, 6) is -3.01. The van der Waals surface area contributed by atoms with Crippen LogP contribution in [0, 0.1) is 11.8 Å². The minimum Gasteiger partial charge on any atom is -0.480 e. The van der Waals surface area contributed by atoms with Crippen molar-refractivity contribution >= 4 is 29.6 Å². The van der Waals surface area contributed by atoms with E-state index in [9.17, 15) is 27.6 Å². The number of hydrogen-bond donors (Lipinski definition) is 4. The standard InChI is InChI=1S/C35H43N9O6.C2HF3O2/c1-35(2,3)50-34(47)38-19-22-8-12-25(13-9-22)31(45)44(26-16-14-24(15-17-26)29-40-42-43-41-29)32(46)28(36)18-21-6-10-23(11-7-21)27-20-37-33(49-5)39-30(27)48-4;3-2(4,5)1(6)7/h6-7,10-11,14-17,20,22,25,28H,8-9,12-13,18-19,36H2,1-5H3,(H,38,47)(H,40,41,42,43);(H,6,7)/t22?,25?,28-;/m0./s1. The summed E-state index contributed by atoms with van der Waals surface area (Å²) in [5.41, 5.74) is 9.32. The number of hydrogen-bond acceptors (Lipinski definition) is 13. The zero-order valence-electron chi connectivity index (χ0n) is 31.9. The minimum atomic E-state index is -5.08. The van der Waals surface area contributed by atoms with E-state index in [0.29, 0.717) is 60.7 Å². The molecular formula is C37H44F3N9O8. The average molecular weight is 800 g/mol. The summed E-state index contributed by atoms with van der Waals surface area (Å²) in [6, 6.07) is 13.5. The van der Waals surface area contributed by atoms with Gasteiger partial charge in [-0.1, -0.05) is 24.3 Å². The first-order chi connectivity index (χ1) is 26.9. The highest BCUT2D eigenvalue weighted by Gasteiger charge is 2.38. The van der Waals surface area contributed by atoms with Crippen molar-refractivity contribution in [2.24, 2.45) is 17.6 Å². The van der Waals surface area contributed by atoms with E-state index in [1.807, 2.05) is 45.0 Å². The molecule has 5 rings (SSSR count). The van der Waals surface area contributed by atoms with Crippen molar-refractivity contribution in [3.63, 3.8) is 0 Å². The number of carbonyl (C=O) groups excluding carboxylic acids is 3. The van der Waals surface area contributed by atoms with Crippen LogP contribution in [0.5, 0.6) is 11.9 Å². The quantitative estimate of drug-likeness (QED) is 0.160. The number of aliphatic carboxylic acids is 1. The van der Waals surface area contributed by atoms with Crippen LogP contribution in [0.4, 0.5) is 23.7 Å². The highest BCUT2D eigenvalue weighted by atomic mass is 19.4. The first-order valence-corrected chi connectivity index (χ1v) is 17.7. The molecule has 17 nitrogen and oxygen atoms in total. The number of carboxylic acid groups (broad SMARTS) is 1. The summed E-state index contributed by atoms with van der Waals surface area (Å²) >= 11 is 0. The molecule has 57 heavy (non-hydrogen) atoms. The molecule has 1 aliphatic rings. The van der Waals surface area contributed by atoms with E-state index >= 15 is 0 Å². The minimum absolute atomic E-state index is 0.193. The van der Waals surface area contributed by atoms with Gasteiger partial charge in [-0.3, -0.25) is 9.59 Å². The van der Waals surface area contributed by atoms with Crippen molar-refractivity contribution in [2.75, 3.05) is 25.7 Å². The molecule has 20 heteroatoms. The van der Waals surface area contributed by atoms with E-state index in [2.05, 4.69) is 35.9 Å². The van der Waals surface area contributed by atoms with Crippen molar-refractivity contribution in [3.8, 4) is 34.4 Å². The molecule has 3 amide bonds. The van der Waals surface area contributed by atoms with Crippen molar-refractivity contribution in [1.29, 1.82) is 0 Å². The third-order valence-electron chi connectivity index (χ3n) is 8.69. The van der Waals surface area contributed by atoms with Crippen molar-refractivity contribution in [3.05, 3.63) is 60.3 Å². The molecule has 0 bridgehead atoms. The number of ether oxygens (including phenoxy) is 3. The first kappa shape index (κ1) is 43.5. The Labute approximate surface area is 325 Å². The number of alkyl carbamates (subject to hydrolysis) is 1. The fourth-order valence-corrected chi connectivity index (χ4v) is 5.88. The Morgan fingerprint density at radius 2 is 1.58 bits per heavy atom. The molecule has 1 atom stereocenters. The molecule has 0 unspecified atom stereocenters. The third-order valence-corrected chi connectivity index (χ3v) is 8.69. The van der Waals surface area contributed by atoms with Crippen molar-refractivity contribution in [1.82, 2.24) is 35.9 Å². The number of aromatic nitrogens is 6. The van der Waals surface area contributed by atoms with E-state index in [1.165, 1.54) is 19.1 Å². The summed E-state index contributed by atoms with van der Waals surface area (Å²) in [6.45, 7) is 5.90. The maximum absolute atomic E-state index is 14.1. The molecule has 2 heterocycles. The molecule has 0 spiro atoms. The van der Waals surface area contributed by atoms with Crippen LogP contribution in [0.2, 0.25) is 0 Å². The summed E-state index contributed by atoms with van der Waals surface area (Å²) in [4.78, 5) is 58.9. The number of anilines is 1. The average Bonchev–Trinajstić information content (AvgIpc) is 3.72. The number of nitrogens with one attached hydrogen (secondary N) is 2. The summed E-state index contributed by atoms with van der Waals surface area (Å²) in [5, 5.41) is 24.0. The molecule has 2 aromatic carbocycles. The number of benzene rings is 2. The predicted octanol–water partition coefficient (Wildman–Crippen LogP) is 4.73. The second-order valence-corrected chi connectivity index (χ2v) is 14.0. The van der Waals surface area contributed by atoms with Gasteiger partial charge in [-0.15, -0.1) is 10.2 Å². The Morgan fingerprint density at radius 3 is 2.11 bits per heavy atom. The fraction of sp³-hybridized carbons (Fsp3) is 0.432. The van der Waals surface area contributed by atoms with Crippen LogP contribution in [0.1, 0.15) is 52.0 Å². The molecule has 4 aromatic rings. The summed E-state index contributed by atoms with van der Waals surface area (Å²) in [6.07, 6.45) is -1.16. The van der Waals surface area contributed by atoms with Crippen LogP contribution >= 0.6 is 0 Å². The second kappa shape index (κ2) is 19.1. The summed E-state index contributed by atoms with van der Waals surface area (Å²) in [7, 11) is 3.00. The lowest BCUT2D eigenvalue weighted by Crippen LogP contribution is -2.50. The lowest BCUT2D eigenvalue weighted by Gasteiger charge is -2.32. The molecule has 5 N–H and O–H groups in total. The maximum atomic E-state index is 14.1. The van der Waals surface area contributed by atoms with Gasteiger partial charge in [-0.05, 0) is 99.4 Å². The van der Waals surface area contributed by atoms with E-state index in [-0.39, 0.29) is 30.2 Å². The van der Waals surface area contributed by atoms with Crippen LogP contribution < -0.4 is 25.4 Å². The number of carbonyl (C=O) groups is 4. The summed E-state index contributed by atoms with van der Waals surface area (Å²) < 4.78 is 47.6. The van der Waals surface area contributed by atoms with Crippen LogP contribution in [-0.4, -0.2) is 98.2 Å². The normalized spacial score (nSPS) is 15.9. The van der Waals surface area contributed by atoms with E-state index < -0.39 is 35.8 Å². The molecule has 1 fully saturated rings. The van der Waals surface area contributed by atoms with Crippen LogP contribution in [0.25, 0.3) is 22.5 Å². The molecule has 0 saturated heterocycles. The highest BCUT2D eigenvalue weighted by Crippen LogP contribution is 2.33. The number of amides is 3. The predicted molar refractivity (Wildman–Crippen MR) is 198 cm³/mol. The Bertz CT molecular complexity index is 1970. The maximum Gasteiger partial charge on any atom is 0.490 e. The van der Waals surface area contributed by atoms with Gasteiger partial charge in [0.05, 0.1) is 31.5 Å². The SMILES string of the molecule is COc1ncc(-c2ccc(C[C@H](N)C(=O)N(C(=O)C3CCC(CNC(=O)OC(C)(C)C)CC3)c3ccc(-c4nn[nH]n4)cc3)cc2)c(OC)n1.O=C(O)C(F)(F)F. The van der Waals surface area contributed by atoms with Gasteiger partial charge in [0.1, 0.15) is 5.60 Å². The topological polar surface area (TPSA) is 238 Å². The Balaban J connectivity index is 0.000000940. The first-order valence-electron chi connectivity index (χ1n) is 17.7. The number of tetrazole rings is 1. The number of halogens is 3. The molecule has 306 valence electrons. The van der Waals surface area contributed by atoms with Crippen molar-refractivity contribution in [2.45, 2.75) is 70.7 Å². The Kier molecular flexibility index (Phi) is 14.6. The molecule has 1 aliphatic carbocycles. The lowest BCUT2D eigenvalue weighted by atomic mass is 9.81. The van der Waals surface area contributed by atoms with Crippen LogP contribution in [-0.2, 0) is 25.5 Å². The molecular weight excluding hydrogens is 755 g/mol. The number of H-pyrrole nitrogens is 1. The second-order valence-electron chi connectivity index (χ2n) is 14.0. The van der Waals surface area contributed by atoms with Gasteiger partial charge in [0.2, 0.25) is 17.6 Å². The van der Waals surface area contributed by atoms with Crippen LogP contribution in [0.15, 0.2) is 54.7 Å². The number of nitrogens with two attached hydrogens (primary N) is 1. The Hall–Kier alpha value is -6.18. The largest absolute Gasteiger partial charge is 0.490 e. The van der Waals surface area contributed by atoms with Gasteiger partial charge >= 0.3 is 24.2 Å². The molecule has 2 aromatic heterocycles. The zero-order chi connectivity index (χ0) is 41.9. The highest BCUT2D eigenvalue weighted by molar-refractivity contribution is 6.17. The van der Waals surface area contributed by atoms with Gasteiger partial charge in [-0.2, -0.15) is 23.4 Å². The third kappa shape index (κ3) is 12.4. The van der Waals surface area contributed by atoms with Gasteiger partial charge < -0.3 is 30.4 Å². The van der Waals surface area contributed by atoms with Gasteiger partial charge in [-0.25, -0.2) is 19.5 Å². The van der Waals surface area contributed by atoms with Gasteiger partial charge in [0, 0.05) is 24.2 Å². The monoisotopic (exact) mass is 799 g/mol. The number of alkyl halides is 3. The number of methoxy groups -OCH3 is 2.